The van der Waals surface area contributed by atoms with Crippen molar-refractivity contribution in [1.29, 1.82) is 10.8 Å². The zero-order chi connectivity index (χ0) is 39.8. The molecule has 0 aliphatic heterocycles. The van der Waals surface area contributed by atoms with E-state index >= 15 is 0 Å². The van der Waals surface area contributed by atoms with Gasteiger partial charge < -0.3 is 27.8 Å². The lowest BCUT2D eigenvalue weighted by atomic mass is 10.1. The number of benzene rings is 2. The molecule has 2 heterocycles. The van der Waals surface area contributed by atoms with Gasteiger partial charge in [0.1, 0.15) is 40.0 Å². The first kappa shape index (κ1) is 40.9. The molecule has 4 aromatic rings. The summed E-state index contributed by atoms with van der Waals surface area (Å²) in [5, 5.41) is 21.8. The van der Waals surface area contributed by atoms with Crippen LogP contribution in [-0.4, -0.2) is 62.9 Å². The second-order valence-corrected chi connectivity index (χ2v) is 14.2. The van der Waals surface area contributed by atoms with Gasteiger partial charge in [-0.2, -0.15) is 18.2 Å². The molecule has 0 radical (unpaired) electrons. The fraction of sp³-hybridized carbons (Fsp3) is 0.405. The Morgan fingerprint density at radius 3 is 1.87 bits per heavy atom. The van der Waals surface area contributed by atoms with Gasteiger partial charge in [-0.3, -0.25) is 26.2 Å². The lowest BCUT2D eigenvalue weighted by Crippen LogP contribution is -2.36. The van der Waals surface area contributed by atoms with E-state index in [9.17, 15) is 27.6 Å². The number of amides is 3. The Morgan fingerprint density at radius 2 is 1.31 bits per heavy atom. The fourth-order valence-electron chi connectivity index (χ4n) is 4.99. The number of carbonyl (C=O) groups excluding carboxylic acids is 3. The van der Waals surface area contributed by atoms with Crippen molar-refractivity contribution in [3.63, 3.8) is 0 Å². The van der Waals surface area contributed by atoms with Gasteiger partial charge in [0.15, 0.2) is 0 Å². The summed E-state index contributed by atoms with van der Waals surface area (Å²) in [4.78, 5) is 39.3. The number of nitrogens with zero attached hydrogens (tertiary/aromatic N) is 3. The molecule has 0 aliphatic rings. The first-order valence-electron chi connectivity index (χ1n) is 17.0. The minimum Gasteiger partial charge on any atom is -0.494 e. The van der Waals surface area contributed by atoms with Crippen molar-refractivity contribution in [2.75, 3.05) is 6.61 Å². The zero-order valence-electron chi connectivity index (χ0n) is 30.8. The Balaban J connectivity index is 1.35. The van der Waals surface area contributed by atoms with Crippen molar-refractivity contribution in [2.24, 2.45) is 4.99 Å². The lowest BCUT2D eigenvalue weighted by molar-refractivity contribution is -0.169. The van der Waals surface area contributed by atoms with Gasteiger partial charge in [0, 0.05) is 48.4 Å². The fourth-order valence-corrected chi connectivity index (χ4v) is 4.99. The van der Waals surface area contributed by atoms with Crippen molar-refractivity contribution >= 4 is 40.7 Å². The average Bonchev–Trinajstić information content (AvgIpc) is 3.63. The third kappa shape index (κ3) is 12.4. The van der Waals surface area contributed by atoms with Crippen LogP contribution in [0.3, 0.4) is 0 Å². The van der Waals surface area contributed by atoms with Crippen LogP contribution in [-0.2, 0) is 33.8 Å². The molecular weight excluding hydrogens is 711 g/mol. The number of hydrogen-bond donors (Lipinski definition) is 4. The number of imidazole rings is 1. The molecule has 0 unspecified atom stereocenters. The number of alkyl halides is 3. The zero-order valence-corrected chi connectivity index (χ0v) is 30.8. The van der Waals surface area contributed by atoms with Crippen LogP contribution in [0.2, 0.25) is 0 Å². The van der Waals surface area contributed by atoms with Crippen molar-refractivity contribution < 1.29 is 46.2 Å². The van der Waals surface area contributed by atoms with Crippen LogP contribution in [0, 0.1) is 10.8 Å². The van der Waals surface area contributed by atoms with E-state index in [0.717, 1.165) is 0 Å². The molecule has 0 saturated heterocycles. The number of rotatable bonds is 11. The Morgan fingerprint density at radius 1 is 0.778 bits per heavy atom. The average molecular weight is 756 g/mol. The Kier molecular flexibility index (Phi) is 12.8. The standard InChI is InChI=1S/C37H44F3N7O7/c1-35(2,3)53-33(49)43-29(41)23-10-13-26(14-11-23)51-20-8-17-47-19-18-46(32(47)45-31(48)37(38,39)40)16-7-9-27-22-25-21-24(12-15-28(25)52-27)30(42)44-34(50)54-36(4,5)6/h10-15,18-19,21-22H,7-9,16-17,20H2,1-6H3,(H2,41,43,49)(H2,42,44,50). The molecule has 4 rings (SSSR count). The number of aryl methyl sites for hydroxylation is 3. The Bertz CT molecular complexity index is 2070. The highest BCUT2D eigenvalue weighted by Gasteiger charge is 2.38. The molecule has 17 heteroatoms. The quantitative estimate of drug-likeness (QED) is 0.0734. The van der Waals surface area contributed by atoms with Crippen molar-refractivity contribution in [2.45, 2.75) is 91.3 Å². The van der Waals surface area contributed by atoms with Gasteiger partial charge in [0.25, 0.3) is 0 Å². The molecule has 0 bridgehead atoms. The predicted octanol–water partition coefficient (Wildman–Crippen LogP) is 6.83. The summed E-state index contributed by atoms with van der Waals surface area (Å²) in [7, 11) is 0. The number of fused-ring (bicyclic) bond motifs is 1. The van der Waals surface area contributed by atoms with Crippen LogP contribution in [0.25, 0.3) is 11.0 Å². The van der Waals surface area contributed by atoms with E-state index in [1.807, 2.05) is 0 Å². The highest BCUT2D eigenvalue weighted by atomic mass is 19.4. The molecule has 0 atom stereocenters. The first-order valence-corrected chi connectivity index (χ1v) is 17.0. The van der Waals surface area contributed by atoms with E-state index in [4.69, 9.17) is 29.4 Å². The third-order valence-electron chi connectivity index (χ3n) is 7.27. The minimum absolute atomic E-state index is 0.145. The van der Waals surface area contributed by atoms with E-state index in [0.29, 0.717) is 52.9 Å². The second kappa shape index (κ2) is 16.9. The highest BCUT2D eigenvalue weighted by Crippen LogP contribution is 2.22. The lowest BCUT2D eigenvalue weighted by Gasteiger charge is -2.19. The monoisotopic (exact) mass is 755 g/mol. The number of aromatic nitrogens is 2. The molecule has 0 aliphatic carbocycles. The van der Waals surface area contributed by atoms with Crippen LogP contribution in [0.4, 0.5) is 22.8 Å². The Labute approximate surface area is 309 Å². The van der Waals surface area contributed by atoms with Crippen molar-refractivity contribution in [3.8, 4) is 5.75 Å². The summed E-state index contributed by atoms with van der Waals surface area (Å²) in [5.41, 5.74) is -0.185. The van der Waals surface area contributed by atoms with Crippen LogP contribution >= 0.6 is 0 Å². The molecule has 0 saturated carbocycles. The number of halogens is 3. The van der Waals surface area contributed by atoms with E-state index in [1.54, 1.807) is 102 Å². The molecule has 54 heavy (non-hydrogen) atoms. The molecule has 3 amide bonds. The number of ether oxygens (including phenoxy) is 3. The maximum atomic E-state index is 13.2. The number of alkyl carbamates (subject to hydrolysis) is 2. The number of hydrogen-bond acceptors (Lipinski definition) is 9. The summed E-state index contributed by atoms with van der Waals surface area (Å²) >= 11 is 0. The maximum Gasteiger partial charge on any atom is 0.473 e. The predicted molar refractivity (Wildman–Crippen MR) is 193 cm³/mol. The largest absolute Gasteiger partial charge is 0.494 e. The molecule has 0 fully saturated rings. The molecule has 290 valence electrons. The molecule has 2 aromatic heterocycles. The highest BCUT2D eigenvalue weighted by molar-refractivity contribution is 6.06. The number of carbonyl (C=O) groups is 3. The normalized spacial score (nSPS) is 12.4. The van der Waals surface area contributed by atoms with E-state index in [1.165, 1.54) is 9.13 Å². The smallest absolute Gasteiger partial charge is 0.473 e. The van der Waals surface area contributed by atoms with Gasteiger partial charge in [-0.1, -0.05) is 0 Å². The van der Waals surface area contributed by atoms with E-state index in [2.05, 4.69) is 15.6 Å². The number of amidine groups is 2. The van der Waals surface area contributed by atoms with E-state index < -0.39 is 35.5 Å². The number of nitrogens with one attached hydrogen (secondary N) is 4. The van der Waals surface area contributed by atoms with Gasteiger partial charge in [-0.15, -0.1) is 0 Å². The topological polar surface area (TPSA) is 186 Å². The van der Waals surface area contributed by atoms with Crippen molar-refractivity contribution in [3.05, 3.63) is 83.4 Å². The molecular formula is C37H44F3N7O7. The van der Waals surface area contributed by atoms with Crippen LogP contribution in [0.5, 0.6) is 5.75 Å². The summed E-state index contributed by atoms with van der Waals surface area (Å²) in [6, 6.07) is 13.2. The molecule has 2 aromatic carbocycles. The van der Waals surface area contributed by atoms with Crippen molar-refractivity contribution in [1.82, 2.24) is 19.8 Å². The summed E-state index contributed by atoms with van der Waals surface area (Å²) in [6.45, 7) is 10.9. The second-order valence-electron chi connectivity index (χ2n) is 14.2. The molecule has 0 spiro atoms. The van der Waals surface area contributed by atoms with Crippen LogP contribution < -0.4 is 21.0 Å². The number of furan rings is 1. The summed E-state index contributed by atoms with van der Waals surface area (Å²) in [5.74, 6) is -1.45. The SMILES string of the molecule is CC(C)(C)OC(=O)NC(=N)c1ccc(OCCCn2ccn(CCCc3cc4cc(C(=N)NC(=O)OC(C)(C)C)ccc4o3)c2=NC(=O)C(F)(F)F)cc1. The van der Waals surface area contributed by atoms with Crippen LogP contribution in [0.15, 0.2) is 70.3 Å². The summed E-state index contributed by atoms with van der Waals surface area (Å²) in [6.07, 6.45) is -2.34. The molecule has 14 nitrogen and oxygen atoms in total. The van der Waals surface area contributed by atoms with Crippen LogP contribution in [0.1, 0.15) is 71.3 Å². The van der Waals surface area contributed by atoms with Gasteiger partial charge in [0.2, 0.25) is 5.62 Å². The summed E-state index contributed by atoms with van der Waals surface area (Å²) < 4.78 is 64.6. The minimum atomic E-state index is -5.15. The maximum absolute atomic E-state index is 13.2. The van der Waals surface area contributed by atoms with Gasteiger partial charge in [-0.25, -0.2) is 9.59 Å². The Hall–Kier alpha value is -5.87. The van der Waals surface area contributed by atoms with Gasteiger partial charge in [-0.05, 0) is 103 Å². The first-order chi connectivity index (χ1) is 25.2. The van der Waals surface area contributed by atoms with E-state index in [-0.39, 0.29) is 37.0 Å². The van der Waals surface area contributed by atoms with Gasteiger partial charge in [0.05, 0.1) is 6.61 Å². The molecule has 4 N–H and O–H groups in total. The van der Waals surface area contributed by atoms with Gasteiger partial charge >= 0.3 is 24.3 Å². The third-order valence-corrected chi connectivity index (χ3v) is 7.27.